The zero-order valence-corrected chi connectivity index (χ0v) is 10.1. The van der Waals surface area contributed by atoms with Crippen LogP contribution < -0.4 is 5.32 Å². The first kappa shape index (κ1) is 12.5. The summed E-state index contributed by atoms with van der Waals surface area (Å²) < 4.78 is 22.2. The molecule has 88 valence electrons. The first-order valence-corrected chi connectivity index (χ1v) is 7.33. The van der Waals surface area contributed by atoms with Crippen molar-refractivity contribution in [1.29, 1.82) is 0 Å². The molecule has 0 bridgehead atoms. The van der Waals surface area contributed by atoms with Crippen molar-refractivity contribution in [2.24, 2.45) is 5.92 Å². The van der Waals surface area contributed by atoms with Gasteiger partial charge in [-0.1, -0.05) is 12.8 Å². The Balaban J connectivity index is 2.35. The standard InChI is InChI=1S/C10H19NO3S/c1-8(15(2,13)14)10(12)11-7-9-5-3-4-6-9/h8-9H,3-7H2,1-2H3,(H,11,12). The van der Waals surface area contributed by atoms with E-state index in [0.717, 1.165) is 19.1 Å². The molecule has 1 aliphatic rings. The Hall–Kier alpha value is -0.580. The summed E-state index contributed by atoms with van der Waals surface area (Å²) in [6, 6.07) is 0. The number of rotatable bonds is 4. The summed E-state index contributed by atoms with van der Waals surface area (Å²) in [5, 5.41) is 1.78. The first-order valence-electron chi connectivity index (χ1n) is 5.38. The summed E-state index contributed by atoms with van der Waals surface area (Å²) in [5.41, 5.74) is 0. The third kappa shape index (κ3) is 3.81. The quantitative estimate of drug-likeness (QED) is 0.778. The summed E-state index contributed by atoms with van der Waals surface area (Å²) in [6.07, 6.45) is 5.83. The van der Waals surface area contributed by atoms with Gasteiger partial charge in [0.2, 0.25) is 5.91 Å². The summed E-state index contributed by atoms with van der Waals surface area (Å²) in [7, 11) is -3.26. The van der Waals surface area contributed by atoms with Crippen molar-refractivity contribution in [3.8, 4) is 0 Å². The largest absolute Gasteiger partial charge is 0.355 e. The van der Waals surface area contributed by atoms with E-state index in [1.807, 2.05) is 0 Å². The highest BCUT2D eigenvalue weighted by molar-refractivity contribution is 7.92. The molecule has 0 radical (unpaired) electrons. The van der Waals surface area contributed by atoms with Gasteiger partial charge in [0.1, 0.15) is 5.25 Å². The molecule has 0 aromatic carbocycles. The second kappa shape index (κ2) is 4.96. The van der Waals surface area contributed by atoms with E-state index in [2.05, 4.69) is 5.32 Å². The summed E-state index contributed by atoms with van der Waals surface area (Å²) in [5.74, 6) is 0.171. The average molecular weight is 233 g/mol. The van der Waals surface area contributed by atoms with Crippen LogP contribution >= 0.6 is 0 Å². The zero-order chi connectivity index (χ0) is 11.5. The molecular formula is C10H19NO3S. The van der Waals surface area contributed by atoms with Gasteiger partial charge in [0.25, 0.3) is 0 Å². The van der Waals surface area contributed by atoms with Crippen LogP contribution in [0.25, 0.3) is 0 Å². The van der Waals surface area contributed by atoms with E-state index >= 15 is 0 Å². The lowest BCUT2D eigenvalue weighted by Gasteiger charge is -2.13. The Kier molecular flexibility index (Phi) is 4.13. The molecule has 15 heavy (non-hydrogen) atoms. The van der Waals surface area contributed by atoms with E-state index < -0.39 is 15.1 Å². The highest BCUT2D eigenvalue weighted by atomic mass is 32.2. The molecule has 0 aromatic rings. The average Bonchev–Trinajstić information content (AvgIpc) is 2.63. The molecule has 0 saturated heterocycles. The highest BCUT2D eigenvalue weighted by Crippen LogP contribution is 2.23. The van der Waals surface area contributed by atoms with E-state index in [1.165, 1.54) is 19.8 Å². The number of hydrogen-bond acceptors (Lipinski definition) is 3. The lowest BCUT2D eigenvalue weighted by Crippen LogP contribution is -2.39. The maximum Gasteiger partial charge on any atom is 0.238 e. The fraction of sp³-hybridized carbons (Fsp3) is 0.900. The minimum Gasteiger partial charge on any atom is -0.355 e. The van der Waals surface area contributed by atoms with Crippen molar-refractivity contribution >= 4 is 15.7 Å². The molecule has 0 heterocycles. The molecule has 1 atom stereocenters. The fourth-order valence-corrected chi connectivity index (χ4v) is 2.27. The van der Waals surface area contributed by atoms with Crippen LogP contribution in [0.15, 0.2) is 0 Å². The molecule has 0 aliphatic heterocycles. The van der Waals surface area contributed by atoms with Crippen LogP contribution in [0.4, 0.5) is 0 Å². The third-order valence-corrected chi connectivity index (χ3v) is 4.55. The van der Waals surface area contributed by atoms with Crippen molar-refractivity contribution in [3.63, 3.8) is 0 Å². The summed E-state index contributed by atoms with van der Waals surface area (Å²) in [4.78, 5) is 11.5. The second-order valence-electron chi connectivity index (χ2n) is 4.37. The summed E-state index contributed by atoms with van der Waals surface area (Å²) >= 11 is 0. The van der Waals surface area contributed by atoms with E-state index in [1.54, 1.807) is 0 Å². The Bertz CT molecular complexity index is 318. The van der Waals surface area contributed by atoms with Gasteiger partial charge in [0, 0.05) is 12.8 Å². The van der Waals surface area contributed by atoms with Crippen molar-refractivity contribution < 1.29 is 13.2 Å². The maximum absolute atomic E-state index is 11.5. The molecule has 0 aromatic heterocycles. The topological polar surface area (TPSA) is 63.2 Å². The van der Waals surface area contributed by atoms with Gasteiger partial charge < -0.3 is 5.32 Å². The van der Waals surface area contributed by atoms with Gasteiger partial charge in [-0.05, 0) is 25.7 Å². The van der Waals surface area contributed by atoms with Crippen LogP contribution in [0.3, 0.4) is 0 Å². The van der Waals surface area contributed by atoms with Crippen LogP contribution in [0.2, 0.25) is 0 Å². The van der Waals surface area contributed by atoms with Crippen molar-refractivity contribution in [2.75, 3.05) is 12.8 Å². The maximum atomic E-state index is 11.5. The number of amides is 1. The van der Waals surface area contributed by atoms with Crippen LogP contribution in [-0.2, 0) is 14.6 Å². The molecule has 4 nitrogen and oxygen atoms in total. The number of nitrogens with one attached hydrogen (secondary N) is 1. The van der Waals surface area contributed by atoms with E-state index in [9.17, 15) is 13.2 Å². The van der Waals surface area contributed by atoms with Crippen molar-refractivity contribution in [1.82, 2.24) is 5.32 Å². The Labute approximate surface area is 91.4 Å². The van der Waals surface area contributed by atoms with E-state index in [0.29, 0.717) is 12.5 Å². The van der Waals surface area contributed by atoms with Crippen LogP contribution in [0.5, 0.6) is 0 Å². The normalized spacial score (nSPS) is 20.1. The molecule has 1 fully saturated rings. The van der Waals surface area contributed by atoms with E-state index in [-0.39, 0.29) is 5.91 Å². The van der Waals surface area contributed by atoms with Gasteiger partial charge in [0.05, 0.1) is 0 Å². The molecule has 1 amide bonds. The Morgan fingerprint density at radius 1 is 1.40 bits per heavy atom. The lowest BCUT2D eigenvalue weighted by atomic mass is 10.1. The Morgan fingerprint density at radius 2 is 1.93 bits per heavy atom. The van der Waals surface area contributed by atoms with Gasteiger partial charge >= 0.3 is 0 Å². The fourth-order valence-electron chi connectivity index (χ4n) is 1.80. The predicted molar refractivity (Wildman–Crippen MR) is 59.3 cm³/mol. The first-order chi connectivity index (χ1) is 6.91. The molecular weight excluding hydrogens is 214 g/mol. The van der Waals surface area contributed by atoms with Gasteiger partial charge in [-0.3, -0.25) is 4.79 Å². The lowest BCUT2D eigenvalue weighted by molar-refractivity contribution is -0.120. The van der Waals surface area contributed by atoms with Crippen LogP contribution in [0.1, 0.15) is 32.6 Å². The highest BCUT2D eigenvalue weighted by Gasteiger charge is 2.24. The van der Waals surface area contributed by atoms with Gasteiger partial charge in [0.15, 0.2) is 9.84 Å². The SMILES string of the molecule is CC(C(=O)NCC1CCCC1)S(C)(=O)=O. The number of carbonyl (C=O) groups is 1. The minimum absolute atomic E-state index is 0.371. The molecule has 0 spiro atoms. The number of carbonyl (C=O) groups excluding carboxylic acids is 1. The number of hydrogen-bond donors (Lipinski definition) is 1. The van der Waals surface area contributed by atoms with Crippen LogP contribution in [-0.4, -0.2) is 32.4 Å². The van der Waals surface area contributed by atoms with Gasteiger partial charge in [-0.25, -0.2) is 8.42 Å². The molecule has 1 unspecified atom stereocenters. The summed E-state index contributed by atoms with van der Waals surface area (Å²) in [6.45, 7) is 2.05. The monoisotopic (exact) mass is 233 g/mol. The number of sulfone groups is 1. The zero-order valence-electron chi connectivity index (χ0n) is 9.32. The smallest absolute Gasteiger partial charge is 0.238 e. The molecule has 1 aliphatic carbocycles. The minimum atomic E-state index is -3.26. The van der Waals surface area contributed by atoms with Crippen molar-refractivity contribution in [2.45, 2.75) is 37.9 Å². The molecule has 5 heteroatoms. The molecule has 1 N–H and O–H groups in total. The molecule has 1 saturated carbocycles. The predicted octanol–water partition coefficient (Wildman–Crippen LogP) is 0.726. The van der Waals surface area contributed by atoms with Crippen LogP contribution in [0, 0.1) is 5.92 Å². The van der Waals surface area contributed by atoms with Crippen molar-refractivity contribution in [3.05, 3.63) is 0 Å². The molecule has 1 rings (SSSR count). The van der Waals surface area contributed by atoms with E-state index in [4.69, 9.17) is 0 Å². The van der Waals surface area contributed by atoms with Gasteiger partial charge in [-0.15, -0.1) is 0 Å². The third-order valence-electron chi connectivity index (χ3n) is 3.05. The Morgan fingerprint density at radius 3 is 2.40 bits per heavy atom. The second-order valence-corrected chi connectivity index (χ2v) is 6.73. The van der Waals surface area contributed by atoms with Gasteiger partial charge in [-0.2, -0.15) is 0 Å².